The van der Waals surface area contributed by atoms with Gasteiger partial charge < -0.3 is 9.84 Å². The number of benzene rings is 1. The van der Waals surface area contributed by atoms with Crippen molar-refractivity contribution in [3.05, 3.63) is 35.4 Å². The van der Waals surface area contributed by atoms with E-state index < -0.39 is 0 Å². The topological polar surface area (TPSA) is 107 Å². The summed E-state index contributed by atoms with van der Waals surface area (Å²) in [4.78, 5) is 22.7. The van der Waals surface area contributed by atoms with Crippen LogP contribution in [0.2, 0.25) is 0 Å². The van der Waals surface area contributed by atoms with Gasteiger partial charge in [0.15, 0.2) is 23.1 Å². The number of ketones is 2. The van der Waals surface area contributed by atoms with Gasteiger partial charge in [-0.2, -0.15) is 5.10 Å². The van der Waals surface area contributed by atoms with Gasteiger partial charge in [0, 0.05) is 5.56 Å². The fourth-order valence-corrected chi connectivity index (χ4v) is 2.08. The largest absolute Gasteiger partial charge is 0.504 e. The van der Waals surface area contributed by atoms with Gasteiger partial charge in [-0.15, -0.1) is 10.2 Å². The molecule has 0 bridgehead atoms. The Morgan fingerprint density at radius 2 is 1.79 bits per heavy atom. The van der Waals surface area contributed by atoms with Crippen molar-refractivity contribution < 1.29 is 19.4 Å². The Morgan fingerprint density at radius 1 is 1.21 bits per heavy atom. The zero-order chi connectivity index (χ0) is 17.7. The van der Waals surface area contributed by atoms with Crippen LogP contribution < -0.4 is 4.74 Å². The number of aromatic hydroxyl groups is 1. The molecule has 24 heavy (non-hydrogen) atoms. The molecule has 2 rings (SSSR count). The second-order valence-electron chi connectivity index (χ2n) is 5.24. The number of hydrogen-bond donors (Lipinski definition) is 1. The summed E-state index contributed by atoms with van der Waals surface area (Å²) in [7, 11) is 1.45. The van der Waals surface area contributed by atoms with E-state index in [0.29, 0.717) is 23.0 Å². The molecular weight excluding hydrogens is 312 g/mol. The van der Waals surface area contributed by atoms with Gasteiger partial charge in [-0.3, -0.25) is 9.59 Å². The van der Waals surface area contributed by atoms with Crippen LogP contribution in [0.4, 0.5) is 0 Å². The Hall–Kier alpha value is -3.03. The van der Waals surface area contributed by atoms with Crippen molar-refractivity contribution in [2.45, 2.75) is 26.7 Å². The molecule has 8 nitrogen and oxygen atoms in total. The van der Waals surface area contributed by atoms with Crippen LogP contribution in [0.5, 0.6) is 11.5 Å². The lowest BCUT2D eigenvalue weighted by atomic mass is 10.2. The number of aromatic nitrogens is 3. The van der Waals surface area contributed by atoms with Crippen molar-refractivity contribution >= 4 is 17.8 Å². The molecule has 0 aliphatic rings. The lowest BCUT2D eigenvalue weighted by molar-refractivity contribution is -0.117. The second-order valence-corrected chi connectivity index (χ2v) is 5.24. The minimum absolute atomic E-state index is 0.0480. The molecule has 1 N–H and O–H groups in total. The molecule has 1 aromatic heterocycles. The number of ether oxygens (including phenoxy) is 1. The molecule has 126 valence electrons. The van der Waals surface area contributed by atoms with Crippen LogP contribution in [0.25, 0.3) is 0 Å². The van der Waals surface area contributed by atoms with E-state index in [2.05, 4.69) is 15.3 Å². The van der Waals surface area contributed by atoms with Crippen molar-refractivity contribution in [3.8, 4) is 11.5 Å². The quantitative estimate of drug-likeness (QED) is 0.763. The van der Waals surface area contributed by atoms with E-state index >= 15 is 0 Å². The maximum atomic E-state index is 11.4. The van der Waals surface area contributed by atoms with E-state index in [9.17, 15) is 14.7 Å². The predicted molar refractivity (Wildman–Crippen MR) is 86.4 cm³/mol. The smallest absolute Gasteiger partial charge is 0.166 e. The van der Waals surface area contributed by atoms with Crippen LogP contribution in [-0.2, 0) is 22.4 Å². The van der Waals surface area contributed by atoms with E-state index in [0.717, 1.165) is 0 Å². The van der Waals surface area contributed by atoms with Crippen molar-refractivity contribution in [1.82, 2.24) is 14.9 Å². The first-order valence-electron chi connectivity index (χ1n) is 7.24. The fourth-order valence-electron chi connectivity index (χ4n) is 2.08. The molecule has 8 heteroatoms. The lowest BCUT2D eigenvalue weighted by Gasteiger charge is -2.06. The van der Waals surface area contributed by atoms with Gasteiger partial charge in [0.1, 0.15) is 11.6 Å². The third-order valence-corrected chi connectivity index (χ3v) is 3.15. The zero-order valence-electron chi connectivity index (χ0n) is 13.7. The van der Waals surface area contributed by atoms with Gasteiger partial charge in [0.05, 0.1) is 26.2 Å². The Morgan fingerprint density at radius 3 is 2.29 bits per heavy atom. The molecule has 0 aliphatic heterocycles. The maximum absolute atomic E-state index is 11.4. The van der Waals surface area contributed by atoms with Crippen LogP contribution in [0.1, 0.15) is 31.1 Å². The highest BCUT2D eigenvalue weighted by atomic mass is 16.5. The summed E-state index contributed by atoms with van der Waals surface area (Å²) in [5.41, 5.74) is 0.422. The molecule has 0 radical (unpaired) electrons. The summed E-state index contributed by atoms with van der Waals surface area (Å²) < 4.78 is 6.39. The number of hydrogen-bond acceptors (Lipinski definition) is 7. The summed E-state index contributed by atoms with van der Waals surface area (Å²) in [5.74, 6) is 0.721. The maximum Gasteiger partial charge on any atom is 0.166 e. The molecule has 0 aliphatic carbocycles. The Balaban J connectivity index is 2.41. The predicted octanol–water partition coefficient (Wildman–Crippen LogP) is 1.14. The minimum atomic E-state index is -0.0996. The highest BCUT2D eigenvalue weighted by molar-refractivity contribution is 5.85. The average molecular weight is 330 g/mol. The molecular formula is C16H18N4O4. The van der Waals surface area contributed by atoms with Gasteiger partial charge in [-0.05, 0) is 26.0 Å². The number of Topliss-reactive ketones (excluding diaryl/α,β-unsaturated/α-hetero) is 2. The average Bonchev–Trinajstić information content (AvgIpc) is 2.86. The first kappa shape index (κ1) is 17.3. The molecule has 0 saturated carbocycles. The molecule has 0 atom stereocenters. The summed E-state index contributed by atoms with van der Waals surface area (Å²) in [5, 5.41) is 22.1. The lowest BCUT2D eigenvalue weighted by Crippen LogP contribution is -2.09. The molecule has 0 saturated heterocycles. The van der Waals surface area contributed by atoms with Crippen molar-refractivity contribution in [2.75, 3.05) is 7.11 Å². The summed E-state index contributed by atoms with van der Waals surface area (Å²) in [6.45, 7) is 2.86. The fraction of sp³-hybridized carbons (Fsp3) is 0.312. The van der Waals surface area contributed by atoms with Gasteiger partial charge in [0.2, 0.25) is 0 Å². The van der Waals surface area contributed by atoms with Crippen LogP contribution in [0.15, 0.2) is 23.3 Å². The van der Waals surface area contributed by atoms with E-state index in [1.165, 1.54) is 31.8 Å². The molecule has 1 aromatic carbocycles. The van der Waals surface area contributed by atoms with Gasteiger partial charge in [0.25, 0.3) is 0 Å². The molecule has 0 unspecified atom stereocenters. The van der Waals surface area contributed by atoms with Crippen molar-refractivity contribution in [1.29, 1.82) is 0 Å². The summed E-state index contributed by atoms with van der Waals surface area (Å²) in [6.07, 6.45) is 1.49. The van der Waals surface area contributed by atoms with Gasteiger partial charge in [-0.1, -0.05) is 6.07 Å². The molecule has 1 heterocycles. The third-order valence-electron chi connectivity index (χ3n) is 3.15. The number of nitrogens with zero attached hydrogens (tertiary/aromatic N) is 4. The molecule has 0 spiro atoms. The monoisotopic (exact) mass is 330 g/mol. The Labute approximate surface area is 138 Å². The van der Waals surface area contributed by atoms with Crippen molar-refractivity contribution in [3.63, 3.8) is 0 Å². The first-order chi connectivity index (χ1) is 11.4. The van der Waals surface area contributed by atoms with E-state index in [1.807, 2.05) is 0 Å². The van der Waals surface area contributed by atoms with Crippen LogP contribution in [-0.4, -0.2) is 44.9 Å². The number of carbonyl (C=O) groups excluding carboxylic acids is 2. The third kappa shape index (κ3) is 4.03. The van der Waals surface area contributed by atoms with Gasteiger partial charge in [-0.25, -0.2) is 4.68 Å². The van der Waals surface area contributed by atoms with Gasteiger partial charge >= 0.3 is 0 Å². The normalized spacial score (nSPS) is 11.0. The molecule has 0 fully saturated rings. The molecule has 0 amide bonds. The minimum Gasteiger partial charge on any atom is -0.504 e. The van der Waals surface area contributed by atoms with Crippen LogP contribution in [0, 0.1) is 0 Å². The molecule has 2 aromatic rings. The number of carbonyl (C=O) groups is 2. The Kier molecular flexibility index (Phi) is 5.41. The van der Waals surface area contributed by atoms with E-state index in [4.69, 9.17) is 4.74 Å². The number of methoxy groups -OCH3 is 1. The van der Waals surface area contributed by atoms with E-state index in [-0.39, 0.29) is 30.2 Å². The summed E-state index contributed by atoms with van der Waals surface area (Å²) >= 11 is 0. The number of rotatable bonds is 7. The highest BCUT2D eigenvalue weighted by Crippen LogP contribution is 2.28. The second kappa shape index (κ2) is 7.49. The standard InChI is InChI=1S/C16H18N4O4/c1-10(21)7-14-18-19-15(8-11(2)22)20(14)17-9-12-5-4-6-13(24-3)16(12)23/h4-6,9,23H,7-8H2,1-3H3. The van der Waals surface area contributed by atoms with Crippen LogP contribution in [0.3, 0.4) is 0 Å². The zero-order valence-corrected chi connectivity index (χ0v) is 13.7. The van der Waals surface area contributed by atoms with E-state index in [1.54, 1.807) is 18.2 Å². The highest BCUT2D eigenvalue weighted by Gasteiger charge is 2.15. The Bertz CT molecular complexity index is 762. The number of phenolic OH excluding ortho intramolecular Hbond substituents is 1. The van der Waals surface area contributed by atoms with Crippen molar-refractivity contribution in [2.24, 2.45) is 5.10 Å². The first-order valence-corrected chi connectivity index (χ1v) is 7.24. The number of phenols is 1. The SMILES string of the molecule is COc1cccc(C=Nn2c(CC(C)=O)nnc2CC(C)=O)c1O. The van der Waals surface area contributed by atoms with Crippen LogP contribution >= 0.6 is 0 Å². The summed E-state index contributed by atoms with van der Waals surface area (Å²) in [6, 6.07) is 4.98. The number of para-hydroxylation sites is 1.